The molecule has 0 radical (unpaired) electrons. The predicted octanol–water partition coefficient (Wildman–Crippen LogP) is 0.291. The van der Waals surface area contributed by atoms with Gasteiger partial charge in [-0.05, 0) is 19.1 Å². The summed E-state index contributed by atoms with van der Waals surface area (Å²) in [5.41, 5.74) is 6.82. The van der Waals surface area contributed by atoms with Gasteiger partial charge in [-0.3, -0.25) is 14.9 Å². The maximum atomic E-state index is 12.0. The third-order valence-corrected chi connectivity index (χ3v) is 2.63. The van der Waals surface area contributed by atoms with Crippen molar-refractivity contribution in [3.05, 3.63) is 35.7 Å². The number of nitrogens with zero attached hydrogens (tertiary/aromatic N) is 4. The monoisotopic (exact) mass is 260 g/mol. The number of nitrogen functional groups attached to an aromatic ring is 1. The predicted molar refractivity (Wildman–Crippen MR) is 69.9 cm³/mol. The molecule has 7 heteroatoms. The lowest BCUT2D eigenvalue weighted by Crippen LogP contribution is -2.28. The van der Waals surface area contributed by atoms with E-state index in [-0.39, 0.29) is 12.3 Å². The van der Waals surface area contributed by atoms with Crippen LogP contribution >= 0.6 is 0 Å². The smallest absolute Gasteiger partial charge is 0.228 e. The normalized spacial score (nSPS) is 10.4. The highest BCUT2D eigenvalue weighted by Crippen LogP contribution is 2.05. The molecule has 0 aliphatic heterocycles. The molecule has 0 aliphatic carbocycles. The van der Waals surface area contributed by atoms with Crippen LogP contribution in [0.2, 0.25) is 0 Å². The molecule has 2 heterocycles. The molecule has 0 saturated carbocycles. The Labute approximate surface area is 110 Å². The lowest BCUT2D eigenvalue weighted by atomic mass is 10.2. The number of carbonyl (C=O) groups excluding carboxylic acids is 1. The van der Waals surface area contributed by atoms with Crippen LogP contribution in [0.25, 0.3) is 0 Å². The highest BCUT2D eigenvalue weighted by molar-refractivity contribution is 5.78. The summed E-state index contributed by atoms with van der Waals surface area (Å²) in [6, 6.07) is 3.48. The summed E-state index contributed by atoms with van der Waals surface area (Å²) < 4.78 is 0. The number of likely N-dealkylation sites (N-methyl/N-ethyl adjacent to an activating group) is 1. The minimum atomic E-state index is -0.0419. The highest BCUT2D eigenvalue weighted by Gasteiger charge is 2.13. The Morgan fingerprint density at radius 3 is 2.84 bits per heavy atom. The van der Waals surface area contributed by atoms with Crippen molar-refractivity contribution in [1.29, 1.82) is 0 Å². The van der Waals surface area contributed by atoms with E-state index in [2.05, 4.69) is 20.2 Å². The van der Waals surface area contributed by atoms with Gasteiger partial charge in [0.05, 0.1) is 24.8 Å². The number of aromatic nitrogens is 4. The number of nitrogens with two attached hydrogens (primary N) is 1. The Morgan fingerprint density at radius 1 is 1.47 bits per heavy atom. The standard InChI is InChI=1S/C12H16N6O/c1-8-15-11(17-16-8)7-18(2)12(19)5-10-4-3-9(13)6-14-10/h3-4,6H,5,7,13H2,1-2H3,(H,15,16,17). The van der Waals surface area contributed by atoms with Gasteiger partial charge in [-0.1, -0.05) is 0 Å². The lowest BCUT2D eigenvalue weighted by molar-refractivity contribution is -0.129. The number of nitrogens with one attached hydrogen (secondary N) is 1. The average Bonchev–Trinajstić information content (AvgIpc) is 2.77. The van der Waals surface area contributed by atoms with Crippen LogP contribution in [0.4, 0.5) is 5.69 Å². The van der Waals surface area contributed by atoms with Gasteiger partial charge >= 0.3 is 0 Å². The largest absolute Gasteiger partial charge is 0.397 e. The van der Waals surface area contributed by atoms with E-state index >= 15 is 0 Å². The molecule has 0 aliphatic rings. The molecule has 0 saturated heterocycles. The Hall–Kier alpha value is -2.44. The fourth-order valence-electron chi connectivity index (χ4n) is 1.59. The van der Waals surface area contributed by atoms with E-state index in [0.717, 1.165) is 5.82 Å². The summed E-state index contributed by atoms with van der Waals surface area (Å²) in [7, 11) is 1.71. The van der Waals surface area contributed by atoms with Gasteiger partial charge in [0, 0.05) is 12.7 Å². The third kappa shape index (κ3) is 3.51. The van der Waals surface area contributed by atoms with Gasteiger partial charge in [0.15, 0.2) is 5.82 Å². The van der Waals surface area contributed by atoms with E-state index < -0.39 is 0 Å². The Kier molecular flexibility index (Phi) is 3.74. The first kappa shape index (κ1) is 13.0. The van der Waals surface area contributed by atoms with Gasteiger partial charge < -0.3 is 10.6 Å². The zero-order valence-electron chi connectivity index (χ0n) is 10.9. The second-order valence-corrected chi connectivity index (χ2v) is 4.35. The summed E-state index contributed by atoms with van der Waals surface area (Å²) in [6.45, 7) is 2.19. The van der Waals surface area contributed by atoms with Crippen molar-refractivity contribution in [2.24, 2.45) is 0 Å². The van der Waals surface area contributed by atoms with Crippen molar-refractivity contribution < 1.29 is 4.79 Å². The summed E-state index contributed by atoms with van der Waals surface area (Å²) in [5.74, 6) is 1.29. The molecule has 0 aromatic carbocycles. The van der Waals surface area contributed by atoms with Crippen LogP contribution < -0.4 is 5.73 Å². The van der Waals surface area contributed by atoms with Gasteiger partial charge in [0.1, 0.15) is 5.82 Å². The summed E-state index contributed by atoms with van der Waals surface area (Å²) in [5, 5.41) is 6.74. The maximum absolute atomic E-state index is 12.0. The Balaban J connectivity index is 1.94. The van der Waals surface area contributed by atoms with Crippen LogP contribution in [0.3, 0.4) is 0 Å². The van der Waals surface area contributed by atoms with E-state index in [4.69, 9.17) is 5.73 Å². The number of hydrogen-bond acceptors (Lipinski definition) is 5. The number of amides is 1. The van der Waals surface area contributed by atoms with Gasteiger partial charge in [0.2, 0.25) is 5.91 Å². The van der Waals surface area contributed by atoms with Crippen molar-refractivity contribution in [1.82, 2.24) is 25.1 Å². The molecule has 1 amide bonds. The molecule has 0 spiro atoms. The minimum Gasteiger partial charge on any atom is -0.397 e. The summed E-state index contributed by atoms with van der Waals surface area (Å²) in [4.78, 5) is 21.8. The number of rotatable bonds is 4. The van der Waals surface area contributed by atoms with E-state index in [0.29, 0.717) is 23.8 Å². The van der Waals surface area contributed by atoms with Crippen LogP contribution in [0.15, 0.2) is 18.3 Å². The van der Waals surface area contributed by atoms with Crippen LogP contribution in [0.5, 0.6) is 0 Å². The number of carbonyl (C=O) groups is 1. The molecule has 2 aromatic heterocycles. The molecular formula is C12H16N6O. The highest BCUT2D eigenvalue weighted by atomic mass is 16.2. The average molecular weight is 260 g/mol. The van der Waals surface area contributed by atoms with Crippen molar-refractivity contribution in [2.75, 3.05) is 12.8 Å². The zero-order valence-corrected chi connectivity index (χ0v) is 10.9. The minimum absolute atomic E-state index is 0.0419. The molecule has 0 unspecified atom stereocenters. The van der Waals surface area contributed by atoms with E-state index in [1.165, 1.54) is 0 Å². The van der Waals surface area contributed by atoms with Crippen molar-refractivity contribution in [2.45, 2.75) is 19.9 Å². The van der Waals surface area contributed by atoms with Crippen molar-refractivity contribution in [3.8, 4) is 0 Å². The number of H-pyrrole nitrogens is 1. The number of hydrogen-bond donors (Lipinski definition) is 2. The third-order valence-electron chi connectivity index (χ3n) is 2.63. The molecule has 100 valence electrons. The van der Waals surface area contributed by atoms with E-state index in [9.17, 15) is 4.79 Å². The number of aromatic amines is 1. The second kappa shape index (κ2) is 5.47. The maximum Gasteiger partial charge on any atom is 0.228 e. The van der Waals surface area contributed by atoms with Gasteiger partial charge in [-0.25, -0.2) is 4.98 Å². The second-order valence-electron chi connectivity index (χ2n) is 4.35. The quantitative estimate of drug-likeness (QED) is 0.823. The summed E-state index contributed by atoms with van der Waals surface area (Å²) >= 11 is 0. The Morgan fingerprint density at radius 2 is 2.26 bits per heavy atom. The molecule has 2 aromatic rings. The van der Waals surface area contributed by atoms with Crippen LogP contribution in [0.1, 0.15) is 17.3 Å². The van der Waals surface area contributed by atoms with Gasteiger partial charge in [0.25, 0.3) is 0 Å². The van der Waals surface area contributed by atoms with Gasteiger partial charge in [-0.2, -0.15) is 5.10 Å². The number of aryl methyl sites for hydroxylation is 1. The van der Waals surface area contributed by atoms with E-state index in [1.54, 1.807) is 30.3 Å². The van der Waals surface area contributed by atoms with Gasteiger partial charge in [-0.15, -0.1) is 0 Å². The Bertz CT molecular complexity index is 562. The fourth-order valence-corrected chi connectivity index (χ4v) is 1.59. The molecule has 0 atom stereocenters. The van der Waals surface area contributed by atoms with Crippen LogP contribution in [-0.2, 0) is 17.8 Å². The molecule has 0 bridgehead atoms. The van der Waals surface area contributed by atoms with Crippen molar-refractivity contribution in [3.63, 3.8) is 0 Å². The number of anilines is 1. The first-order valence-electron chi connectivity index (χ1n) is 5.87. The molecule has 19 heavy (non-hydrogen) atoms. The molecular weight excluding hydrogens is 244 g/mol. The first-order valence-corrected chi connectivity index (χ1v) is 5.87. The lowest BCUT2D eigenvalue weighted by Gasteiger charge is -2.14. The van der Waals surface area contributed by atoms with E-state index in [1.807, 2.05) is 6.92 Å². The molecule has 2 rings (SSSR count). The summed E-state index contributed by atoms with van der Waals surface area (Å²) in [6.07, 6.45) is 1.78. The number of pyridine rings is 1. The van der Waals surface area contributed by atoms with Crippen molar-refractivity contribution >= 4 is 11.6 Å². The SMILES string of the molecule is Cc1nc(CN(C)C(=O)Cc2ccc(N)cn2)n[nH]1. The molecule has 3 N–H and O–H groups in total. The zero-order chi connectivity index (χ0) is 13.8. The van der Waals surface area contributed by atoms with Crippen LogP contribution in [-0.4, -0.2) is 38.0 Å². The first-order chi connectivity index (χ1) is 9.04. The fraction of sp³-hybridized carbons (Fsp3) is 0.333. The molecule has 7 nitrogen and oxygen atoms in total. The molecule has 0 fully saturated rings. The topological polar surface area (TPSA) is 101 Å². The van der Waals surface area contributed by atoms with Crippen LogP contribution in [0, 0.1) is 6.92 Å².